The van der Waals surface area contributed by atoms with Crippen molar-refractivity contribution in [1.82, 2.24) is 9.80 Å². The van der Waals surface area contributed by atoms with Crippen molar-refractivity contribution in [3.63, 3.8) is 0 Å². The largest absolute Gasteiger partial charge is 0.304 e. The van der Waals surface area contributed by atoms with Gasteiger partial charge >= 0.3 is 0 Å². The molecule has 0 bridgehead atoms. The highest BCUT2D eigenvalue weighted by Crippen LogP contribution is 2.41. The molecule has 2 aliphatic heterocycles. The van der Waals surface area contributed by atoms with Gasteiger partial charge in [-0.05, 0) is 78.0 Å². The normalized spacial score (nSPS) is 27.5. The highest BCUT2D eigenvalue weighted by atomic mass is 15.2. The van der Waals surface area contributed by atoms with Gasteiger partial charge in [-0.3, -0.25) is 4.90 Å². The lowest BCUT2D eigenvalue weighted by molar-refractivity contribution is -0.0121. The number of piperidine rings is 2. The molecule has 0 radical (unpaired) electrons. The molecule has 0 atom stereocenters. The van der Waals surface area contributed by atoms with E-state index < -0.39 is 0 Å². The fraction of sp³-hybridized carbons (Fsp3) is 1.00. The SMILES string of the molecule is CCN1CCC2(CCCN(C(C)(C)C)C2)CC1. The monoisotopic (exact) mass is 238 g/mol. The van der Waals surface area contributed by atoms with Crippen molar-refractivity contribution >= 4 is 0 Å². The molecular formula is C15H30N2. The maximum atomic E-state index is 2.72. The van der Waals surface area contributed by atoms with E-state index in [-0.39, 0.29) is 0 Å². The van der Waals surface area contributed by atoms with Crippen LogP contribution in [0.1, 0.15) is 53.4 Å². The van der Waals surface area contributed by atoms with Gasteiger partial charge in [0.1, 0.15) is 0 Å². The van der Waals surface area contributed by atoms with Gasteiger partial charge in [0.2, 0.25) is 0 Å². The molecule has 0 aromatic heterocycles. The van der Waals surface area contributed by atoms with Crippen molar-refractivity contribution in [3.8, 4) is 0 Å². The second kappa shape index (κ2) is 4.89. The van der Waals surface area contributed by atoms with Crippen LogP contribution in [0.4, 0.5) is 0 Å². The lowest BCUT2D eigenvalue weighted by atomic mass is 9.71. The number of nitrogens with zero attached hydrogens (tertiary/aromatic N) is 2. The van der Waals surface area contributed by atoms with Crippen LogP contribution in [-0.4, -0.2) is 48.1 Å². The summed E-state index contributed by atoms with van der Waals surface area (Å²) in [6.07, 6.45) is 5.72. The van der Waals surface area contributed by atoms with Crippen LogP contribution in [0.2, 0.25) is 0 Å². The Balaban J connectivity index is 1.97. The summed E-state index contributed by atoms with van der Waals surface area (Å²) in [7, 11) is 0. The molecule has 2 fully saturated rings. The second-order valence-corrected chi connectivity index (χ2v) is 7.13. The van der Waals surface area contributed by atoms with Crippen molar-refractivity contribution in [2.45, 2.75) is 58.9 Å². The zero-order valence-electron chi connectivity index (χ0n) is 12.3. The Morgan fingerprint density at radius 2 is 1.65 bits per heavy atom. The van der Waals surface area contributed by atoms with Gasteiger partial charge in [0.25, 0.3) is 0 Å². The van der Waals surface area contributed by atoms with Gasteiger partial charge in [-0.2, -0.15) is 0 Å². The molecule has 17 heavy (non-hydrogen) atoms. The lowest BCUT2D eigenvalue weighted by Gasteiger charge is -2.51. The molecule has 2 heteroatoms. The quantitative estimate of drug-likeness (QED) is 0.693. The van der Waals surface area contributed by atoms with E-state index in [0.717, 1.165) is 0 Å². The Labute approximate surface area is 107 Å². The zero-order chi connectivity index (χ0) is 12.5. The summed E-state index contributed by atoms with van der Waals surface area (Å²) in [5.41, 5.74) is 1.01. The third-order valence-electron chi connectivity index (χ3n) is 4.97. The predicted molar refractivity (Wildman–Crippen MR) is 74.3 cm³/mol. The van der Waals surface area contributed by atoms with Crippen LogP contribution in [0.15, 0.2) is 0 Å². The molecular weight excluding hydrogens is 208 g/mol. The first-order valence-corrected chi connectivity index (χ1v) is 7.43. The molecule has 0 aromatic carbocycles. The topological polar surface area (TPSA) is 6.48 Å². The van der Waals surface area contributed by atoms with Crippen molar-refractivity contribution < 1.29 is 0 Å². The standard InChI is InChI=1S/C15H30N2/c1-5-16-11-8-15(9-12-16)7-6-10-17(13-15)14(2,3)4/h5-13H2,1-4H3. The highest BCUT2D eigenvalue weighted by Gasteiger charge is 2.40. The molecule has 0 unspecified atom stereocenters. The van der Waals surface area contributed by atoms with Crippen molar-refractivity contribution in [3.05, 3.63) is 0 Å². The summed E-state index contributed by atoms with van der Waals surface area (Å²) in [4.78, 5) is 5.33. The van der Waals surface area contributed by atoms with Gasteiger partial charge in [0, 0.05) is 12.1 Å². The molecule has 0 aromatic rings. The molecule has 100 valence electrons. The van der Waals surface area contributed by atoms with E-state index >= 15 is 0 Å². The van der Waals surface area contributed by atoms with Crippen LogP contribution < -0.4 is 0 Å². The summed E-state index contributed by atoms with van der Waals surface area (Å²) in [5, 5.41) is 0. The fourth-order valence-electron chi connectivity index (χ4n) is 3.53. The highest BCUT2D eigenvalue weighted by molar-refractivity contribution is 4.94. The molecule has 2 heterocycles. The minimum atomic E-state index is 0.356. The fourth-order valence-corrected chi connectivity index (χ4v) is 3.53. The van der Waals surface area contributed by atoms with E-state index in [9.17, 15) is 0 Å². The van der Waals surface area contributed by atoms with Gasteiger partial charge in [0.15, 0.2) is 0 Å². The van der Waals surface area contributed by atoms with Gasteiger partial charge in [-0.15, -0.1) is 0 Å². The lowest BCUT2D eigenvalue weighted by Crippen LogP contribution is -2.54. The summed E-state index contributed by atoms with van der Waals surface area (Å²) >= 11 is 0. The van der Waals surface area contributed by atoms with Gasteiger partial charge in [-0.25, -0.2) is 0 Å². The number of likely N-dealkylation sites (tertiary alicyclic amines) is 2. The molecule has 0 aliphatic carbocycles. The molecule has 0 N–H and O–H groups in total. The Hall–Kier alpha value is -0.0800. The van der Waals surface area contributed by atoms with Crippen LogP contribution in [0, 0.1) is 5.41 Å². The van der Waals surface area contributed by atoms with E-state index in [1.807, 2.05) is 0 Å². The minimum absolute atomic E-state index is 0.356. The van der Waals surface area contributed by atoms with Crippen LogP contribution in [0.5, 0.6) is 0 Å². The van der Waals surface area contributed by atoms with Crippen molar-refractivity contribution in [2.75, 3.05) is 32.7 Å². The summed E-state index contributed by atoms with van der Waals surface area (Å²) < 4.78 is 0. The Morgan fingerprint density at radius 1 is 1.00 bits per heavy atom. The number of rotatable bonds is 1. The molecule has 2 saturated heterocycles. The van der Waals surface area contributed by atoms with Gasteiger partial charge in [-0.1, -0.05) is 6.92 Å². The van der Waals surface area contributed by atoms with Crippen molar-refractivity contribution in [2.24, 2.45) is 5.41 Å². The molecule has 0 amide bonds. The van der Waals surface area contributed by atoms with Gasteiger partial charge < -0.3 is 4.90 Å². The summed E-state index contributed by atoms with van der Waals surface area (Å²) in [5.74, 6) is 0. The van der Waals surface area contributed by atoms with E-state index in [1.165, 1.54) is 58.4 Å². The van der Waals surface area contributed by atoms with E-state index in [1.54, 1.807) is 0 Å². The van der Waals surface area contributed by atoms with Crippen LogP contribution in [-0.2, 0) is 0 Å². The van der Waals surface area contributed by atoms with Crippen LogP contribution in [0.25, 0.3) is 0 Å². The maximum absolute atomic E-state index is 2.72. The summed E-state index contributed by atoms with van der Waals surface area (Å²) in [6, 6.07) is 0. The molecule has 2 rings (SSSR count). The molecule has 1 spiro atoms. The number of hydrogen-bond donors (Lipinski definition) is 0. The molecule has 0 saturated carbocycles. The Bertz CT molecular complexity index is 246. The van der Waals surface area contributed by atoms with Gasteiger partial charge in [0.05, 0.1) is 0 Å². The van der Waals surface area contributed by atoms with E-state index in [0.29, 0.717) is 11.0 Å². The average Bonchev–Trinajstić information content (AvgIpc) is 2.29. The van der Waals surface area contributed by atoms with Crippen LogP contribution >= 0.6 is 0 Å². The van der Waals surface area contributed by atoms with Crippen molar-refractivity contribution in [1.29, 1.82) is 0 Å². The average molecular weight is 238 g/mol. The smallest absolute Gasteiger partial charge is 0.0125 e. The second-order valence-electron chi connectivity index (χ2n) is 7.13. The maximum Gasteiger partial charge on any atom is 0.0125 e. The third kappa shape index (κ3) is 3.03. The third-order valence-corrected chi connectivity index (χ3v) is 4.97. The first-order valence-electron chi connectivity index (χ1n) is 7.43. The minimum Gasteiger partial charge on any atom is -0.304 e. The Morgan fingerprint density at radius 3 is 2.18 bits per heavy atom. The summed E-state index contributed by atoms with van der Waals surface area (Å²) in [6.45, 7) is 15.9. The zero-order valence-corrected chi connectivity index (χ0v) is 12.3. The first kappa shape index (κ1) is 13.4. The first-order chi connectivity index (χ1) is 7.95. The Kier molecular flexibility index (Phi) is 3.84. The molecule has 2 nitrogen and oxygen atoms in total. The predicted octanol–water partition coefficient (Wildman–Crippen LogP) is 2.98. The van der Waals surface area contributed by atoms with E-state index in [2.05, 4.69) is 37.5 Å². The number of hydrogen-bond acceptors (Lipinski definition) is 2. The van der Waals surface area contributed by atoms with Crippen LogP contribution in [0.3, 0.4) is 0 Å². The van der Waals surface area contributed by atoms with E-state index in [4.69, 9.17) is 0 Å². The molecule has 2 aliphatic rings.